The summed E-state index contributed by atoms with van der Waals surface area (Å²) in [6, 6.07) is 15.3. The predicted molar refractivity (Wildman–Crippen MR) is 95.9 cm³/mol. The summed E-state index contributed by atoms with van der Waals surface area (Å²) in [6.45, 7) is 2.56. The van der Waals surface area contributed by atoms with Crippen LogP contribution in [0.15, 0.2) is 48.5 Å². The van der Waals surface area contributed by atoms with Crippen LogP contribution in [0.4, 0.5) is 0 Å². The number of benzene rings is 2. The van der Waals surface area contributed by atoms with Gasteiger partial charge < -0.3 is 4.90 Å². The molecule has 25 heavy (non-hydrogen) atoms. The first-order chi connectivity index (χ1) is 12.0. The lowest BCUT2D eigenvalue weighted by Gasteiger charge is -2.16. The van der Waals surface area contributed by atoms with Gasteiger partial charge in [-0.1, -0.05) is 53.6 Å². The first kappa shape index (κ1) is 17.1. The van der Waals surface area contributed by atoms with E-state index in [9.17, 15) is 4.79 Å². The summed E-state index contributed by atoms with van der Waals surface area (Å²) >= 11 is 5.87. The SMILES string of the molecule is Cc1ccc(-c2nnn(CC(=O)N(C)Cc3ccc(Cl)cc3)n2)cc1. The second-order valence-corrected chi connectivity index (χ2v) is 6.32. The van der Waals surface area contributed by atoms with Crippen LogP contribution in [0.25, 0.3) is 11.4 Å². The summed E-state index contributed by atoms with van der Waals surface area (Å²) in [6.07, 6.45) is 0. The van der Waals surface area contributed by atoms with E-state index in [0.29, 0.717) is 17.4 Å². The molecule has 0 atom stereocenters. The summed E-state index contributed by atoms with van der Waals surface area (Å²) in [5, 5.41) is 12.9. The Kier molecular flexibility index (Phi) is 5.09. The van der Waals surface area contributed by atoms with Gasteiger partial charge in [0.25, 0.3) is 0 Å². The van der Waals surface area contributed by atoms with Crippen LogP contribution in [0.3, 0.4) is 0 Å². The van der Waals surface area contributed by atoms with Crippen LogP contribution in [0.5, 0.6) is 0 Å². The van der Waals surface area contributed by atoms with E-state index >= 15 is 0 Å². The van der Waals surface area contributed by atoms with Gasteiger partial charge in [0.2, 0.25) is 11.7 Å². The van der Waals surface area contributed by atoms with Crippen LogP contribution in [0.2, 0.25) is 5.02 Å². The van der Waals surface area contributed by atoms with Crippen LogP contribution >= 0.6 is 11.6 Å². The second kappa shape index (κ2) is 7.44. The van der Waals surface area contributed by atoms with Crippen molar-refractivity contribution >= 4 is 17.5 Å². The number of aromatic nitrogens is 4. The Morgan fingerprint density at radius 2 is 1.80 bits per heavy atom. The number of tetrazole rings is 1. The normalized spacial score (nSPS) is 10.7. The fraction of sp³-hybridized carbons (Fsp3) is 0.222. The van der Waals surface area contributed by atoms with Gasteiger partial charge in [-0.3, -0.25) is 4.79 Å². The zero-order valence-electron chi connectivity index (χ0n) is 14.1. The summed E-state index contributed by atoms with van der Waals surface area (Å²) in [4.78, 5) is 15.3. The minimum absolute atomic E-state index is 0.0446. The third-order valence-corrected chi connectivity index (χ3v) is 4.05. The van der Waals surface area contributed by atoms with E-state index in [0.717, 1.165) is 16.7 Å². The van der Waals surface area contributed by atoms with E-state index in [1.165, 1.54) is 4.80 Å². The molecule has 1 amide bonds. The lowest BCUT2D eigenvalue weighted by Crippen LogP contribution is -2.30. The number of rotatable bonds is 5. The molecular weight excluding hydrogens is 338 g/mol. The highest BCUT2D eigenvalue weighted by atomic mass is 35.5. The fourth-order valence-corrected chi connectivity index (χ4v) is 2.45. The summed E-state index contributed by atoms with van der Waals surface area (Å²) in [5.41, 5.74) is 3.04. The van der Waals surface area contributed by atoms with E-state index in [1.807, 2.05) is 55.5 Å². The molecule has 3 aromatic rings. The Balaban J connectivity index is 1.62. The average molecular weight is 356 g/mol. The number of amides is 1. The minimum Gasteiger partial charge on any atom is -0.340 e. The number of carbonyl (C=O) groups is 1. The largest absolute Gasteiger partial charge is 0.340 e. The van der Waals surface area contributed by atoms with Gasteiger partial charge in [0, 0.05) is 24.2 Å². The molecular formula is C18H18ClN5O. The Bertz CT molecular complexity index is 858. The van der Waals surface area contributed by atoms with Crippen molar-refractivity contribution in [3.63, 3.8) is 0 Å². The van der Waals surface area contributed by atoms with Gasteiger partial charge in [0.15, 0.2) is 0 Å². The zero-order chi connectivity index (χ0) is 17.8. The van der Waals surface area contributed by atoms with Crippen molar-refractivity contribution in [3.8, 4) is 11.4 Å². The number of halogens is 1. The van der Waals surface area contributed by atoms with Crippen LogP contribution in [0, 0.1) is 6.92 Å². The highest BCUT2D eigenvalue weighted by molar-refractivity contribution is 6.30. The molecule has 128 valence electrons. The van der Waals surface area contributed by atoms with Crippen LogP contribution in [-0.4, -0.2) is 38.1 Å². The van der Waals surface area contributed by atoms with E-state index < -0.39 is 0 Å². The Hall–Kier alpha value is -2.73. The van der Waals surface area contributed by atoms with Gasteiger partial charge in [-0.25, -0.2) is 0 Å². The quantitative estimate of drug-likeness (QED) is 0.705. The number of aryl methyl sites for hydroxylation is 1. The van der Waals surface area contributed by atoms with Crippen LogP contribution in [0.1, 0.15) is 11.1 Å². The molecule has 1 aromatic heterocycles. The van der Waals surface area contributed by atoms with Crippen molar-refractivity contribution < 1.29 is 4.79 Å². The van der Waals surface area contributed by atoms with Gasteiger partial charge in [0.05, 0.1) is 0 Å². The number of nitrogens with zero attached hydrogens (tertiary/aromatic N) is 5. The molecule has 6 nitrogen and oxygen atoms in total. The topological polar surface area (TPSA) is 63.9 Å². The third-order valence-electron chi connectivity index (χ3n) is 3.80. The van der Waals surface area contributed by atoms with E-state index in [-0.39, 0.29) is 12.5 Å². The van der Waals surface area contributed by atoms with Gasteiger partial charge in [-0.15, -0.1) is 10.2 Å². The lowest BCUT2D eigenvalue weighted by atomic mass is 10.1. The maximum Gasteiger partial charge on any atom is 0.246 e. The molecule has 2 aromatic carbocycles. The minimum atomic E-state index is -0.0946. The molecule has 3 rings (SSSR count). The van der Waals surface area contributed by atoms with Gasteiger partial charge in [-0.05, 0) is 29.8 Å². The molecule has 0 fully saturated rings. The van der Waals surface area contributed by atoms with Crippen molar-refractivity contribution in [1.29, 1.82) is 0 Å². The molecule has 0 aliphatic rings. The summed E-state index contributed by atoms with van der Waals surface area (Å²) in [5.74, 6) is 0.413. The van der Waals surface area contributed by atoms with Crippen molar-refractivity contribution in [1.82, 2.24) is 25.1 Å². The van der Waals surface area contributed by atoms with Crippen molar-refractivity contribution in [2.75, 3.05) is 7.05 Å². The second-order valence-electron chi connectivity index (χ2n) is 5.89. The predicted octanol–water partition coefficient (Wildman–Crippen LogP) is 2.96. The van der Waals surface area contributed by atoms with Gasteiger partial charge >= 0.3 is 0 Å². The van der Waals surface area contributed by atoms with Crippen molar-refractivity contribution in [3.05, 3.63) is 64.7 Å². The molecule has 0 radical (unpaired) electrons. The molecule has 0 unspecified atom stereocenters. The maximum absolute atomic E-state index is 12.3. The van der Waals surface area contributed by atoms with Gasteiger partial charge in [0.1, 0.15) is 6.54 Å². The molecule has 0 aliphatic heterocycles. The third kappa shape index (κ3) is 4.42. The number of carbonyl (C=O) groups excluding carboxylic acids is 1. The highest BCUT2D eigenvalue weighted by Gasteiger charge is 2.13. The molecule has 0 saturated carbocycles. The van der Waals surface area contributed by atoms with E-state index in [1.54, 1.807) is 11.9 Å². The average Bonchev–Trinajstić information content (AvgIpc) is 3.06. The Morgan fingerprint density at radius 1 is 1.12 bits per heavy atom. The smallest absolute Gasteiger partial charge is 0.246 e. The van der Waals surface area contributed by atoms with Gasteiger partial charge in [-0.2, -0.15) is 4.80 Å². The number of hydrogen-bond donors (Lipinski definition) is 0. The molecule has 0 aliphatic carbocycles. The molecule has 1 heterocycles. The van der Waals surface area contributed by atoms with Crippen molar-refractivity contribution in [2.24, 2.45) is 0 Å². The van der Waals surface area contributed by atoms with Crippen molar-refractivity contribution in [2.45, 2.75) is 20.0 Å². The molecule has 0 saturated heterocycles. The van der Waals surface area contributed by atoms with Crippen LogP contribution < -0.4 is 0 Å². The summed E-state index contributed by atoms with van der Waals surface area (Å²) < 4.78 is 0. The van der Waals surface area contributed by atoms with E-state index in [2.05, 4.69) is 15.4 Å². The molecule has 7 heteroatoms. The zero-order valence-corrected chi connectivity index (χ0v) is 14.8. The standard InChI is InChI=1S/C18H18ClN5O/c1-13-3-7-15(8-4-13)18-20-22-24(21-18)12-17(25)23(2)11-14-5-9-16(19)10-6-14/h3-10H,11-12H2,1-2H3. The van der Waals surface area contributed by atoms with E-state index in [4.69, 9.17) is 11.6 Å². The molecule has 0 N–H and O–H groups in total. The molecule has 0 spiro atoms. The highest BCUT2D eigenvalue weighted by Crippen LogP contribution is 2.14. The first-order valence-electron chi connectivity index (χ1n) is 7.84. The monoisotopic (exact) mass is 355 g/mol. The Morgan fingerprint density at radius 3 is 2.48 bits per heavy atom. The summed E-state index contributed by atoms with van der Waals surface area (Å²) in [7, 11) is 1.74. The maximum atomic E-state index is 12.3. The number of hydrogen-bond acceptors (Lipinski definition) is 4. The Labute approximate surface area is 151 Å². The van der Waals surface area contributed by atoms with Crippen LogP contribution in [-0.2, 0) is 17.9 Å². The molecule has 0 bridgehead atoms. The number of likely N-dealkylation sites (N-methyl/N-ethyl adjacent to an activating group) is 1. The lowest BCUT2D eigenvalue weighted by molar-refractivity contribution is -0.131. The first-order valence-corrected chi connectivity index (χ1v) is 8.22. The fourth-order valence-electron chi connectivity index (χ4n) is 2.32.